The van der Waals surface area contributed by atoms with Crippen LogP contribution < -0.4 is 11.1 Å². The zero-order chi connectivity index (χ0) is 14.4. The molecule has 0 aliphatic heterocycles. The Kier molecular flexibility index (Phi) is 5.23. The predicted octanol–water partition coefficient (Wildman–Crippen LogP) is 1.01. The summed E-state index contributed by atoms with van der Waals surface area (Å²) < 4.78 is 26.2. The fourth-order valence-corrected chi connectivity index (χ4v) is 1.39. The van der Waals surface area contributed by atoms with Gasteiger partial charge in [0.2, 0.25) is 5.91 Å². The van der Waals surface area contributed by atoms with Crippen LogP contribution in [0.1, 0.15) is 12.5 Å². The van der Waals surface area contributed by atoms with Crippen molar-refractivity contribution in [3.8, 4) is 0 Å². The zero-order valence-corrected chi connectivity index (χ0v) is 10.4. The molecule has 0 bridgehead atoms. The smallest absolute Gasteiger partial charge is 0.224 e. The van der Waals surface area contributed by atoms with E-state index in [0.29, 0.717) is 0 Å². The summed E-state index contributed by atoms with van der Waals surface area (Å²) in [6.07, 6.45) is -0.271. The summed E-state index contributed by atoms with van der Waals surface area (Å²) in [5.41, 5.74) is 5.32. The molecule has 7 heteroatoms. The average Bonchev–Trinajstić information content (AvgIpc) is 2.40. The van der Waals surface area contributed by atoms with Gasteiger partial charge in [-0.25, -0.2) is 8.78 Å². The molecule has 0 saturated heterocycles. The number of nitrogens with two attached hydrogens (primary N) is 1. The first-order chi connectivity index (χ1) is 8.95. The maximum Gasteiger partial charge on any atom is 0.224 e. The van der Waals surface area contributed by atoms with Crippen LogP contribution in [-0.2, 0) is 11.2 Å². The first-order valence-electron chi connectivity index (χ1n) is 5.62. The number of amidine groups is 1. The van der Waals surface area contributed by atoms with Gasteiger partial charge in [0, 0.05) is 18.0 Å². The van der Waals surface area contributed by atoms with E-state index in [1.807, 2.05) is 0 Å². The number of oxime groups is 1. The van der Waals surface area contributed by atoms with E-state index in [1.165, 1.54) is 12.1 Å². The second-order valence-corrected chi connectivity index (χ2v) is 4.12. The molecule has 104 valence electrons. The highest BCUT2D eigenvalue weighted by atomic mass is 19.2. The Morgan fingerprint density at radius 2 is 2.21 bits per heavy atom. The van der Waals surface area contributed by atoms with E-state index in [-0.39, 0.29) is 30.3 Å². The summed E-state index contributed by atoms with van der Waals surface area (Å²) in [7, 11) is 0. The Hall–Kier alpha value is -2.18. The molecule has 1 amide bonds. The maximum atomic E-state index is 13.3. The molecule has 0 aliphatic rings. The number of nitrogens with zero attached hydrogens (tertiary/aromatic N) is 1. The minimum Gasteiger partial charge on any atom is -0.409 e. The van der Waals surface area contributed by atoms with E-state index in [4.69, 9.17) is 10.9 Å². The highest BCUT2D eigenvalue weighted by Crippen LogP contribution is 2.11. The number of nitrogens with one attached hydrogen (secondary N) is 1. The number of carbonyl (C=O) groups excluding carboxylic acids is 1. The molecule has 0 aliphatic carbocycles. The van der Waals surface area contributed by atoms with E-state index in [1.54, 1.807) is 6.92 Å². The molecule has 0 fully saturated rings. The molecule has 0 heterocycles. The first kappa shape index (κ1) is 14.9. The molecule has 1 aromatic carbocycles. The van der Waals surface area contributed by atoms with Gasteiger partial charge < -0.3 is 16.3 Å². The van der Waals surface area contributed by atoms with Gasteiger partial charge in [0.25, 0.3) is 0 Å². The van der Waals surface area contributed by atoms with Crippen molar-refractivity contribution < 1.29 is 18.8 Å². The number of amides is 1. The molecule has 19 heavy (non-hydrogen) atoms. The van der Waals surface area contributed by atoms with Gasteiger partial charge in [-0.2, -0.15) is 0 Å². The number of rotatable bonds is 5. The first-order valence-corrected chi connectivity index (χ1v) is 5.62. The van der Waals surface area contributed by atoms with E-state index in [9.17, 15) is 13.6 Å². The van der Waals surface area contributed by atoms with Crippen LogP contribution in [0.3, 0.4) is 0 Å². The van der Waals surface area contributed by atoms with Crippen molar-refractivity contribution in [2.24, 2.45) is 16.8 Å². The van der Waals surface area contributed by atoms with Crippen molar-refractivity contribution >= 4 is 11.7 Å². The quantitative estimate of drug-likeness (QED) is 0.323. The highest BCUT2D eigenvalue weighted by Gasteiger charge is 2.13. The van der Waals surface area contributed by atoms with Crippen LogP contribution in [-0.4, -0.2) is 23.5 Å². The molecule has 0 saturated carbocycles. The normalized spacial score (nSPS) is 13.1. The van der Waals surface area contributed by atoms with Gasteiger partial charge in [-0.1, -0.05) is 24.2 Å². The van der Waals surface area contributed by atoms with Crippen molar-refractivity contribution in [2.45, 2.75) is 13.3 Å². The third-order valence-corrected chi connectivity index (χ3v) is 2.61. The molecule has 0 aromatic heterocycles. The Morgan fingerprint density at radius 3 is 2.84 bits per heavy atom. The number of halogens is 2. The van der Waals surface area contributed by atoms with Crippen molar-refractivity contribution in [2.75, 3.05) is 6.54 Å². The monoisotopic (exact) mass is 271 g/mol. The van der Waals surface area contributed by atoms with Crippen LogP contribution in [0.5, 0.6) is 0 Å². The second kappa shape index (κ2) is 6.67. The molecule has 1 atom stereocenters. The molecule has 0 spiro atoms. The molecular weight excluding hydrogens is 256 g/mol. The molecular formula is C12H15F2N3O2. The van der Waals surface area contributed by atoms with Crippen molar-refractivity contribution in [3.05, 3.63) is 35.4 Å². The number of hydrogen-bond acceptors (Lipinski definition) is 3. The topological polar surface area (TPSA) is 87.7 Å². The van der Waals surface area contributed by atoms with Crippen LogP contribution >= 0.6 is 0 Å². The molecule has 5 nitrogen and oxygen atoms in total. The van der Waals surface area contributed by atoms with Crippen LogP contribution in [0.25, 0.3) is 0 Å². The van der Waals surface area contributed by atoms with E-state index in [2.05, 4.69) is 10.5 Å². The van der Waals surface area contributed by atoms with Crippen molar-refractivity contribution in [3.63, 3.8) is 0 Å². The lowest BCUT2D eigenvalue weighted by molar-refractivity contribution is -0.120. The Bertz CT molecular complexity index is 492. The molecule has 4 N–H and O–H groups in total. The Morgan fingerprint density at radius 1 is 1.53 bits per heavy atom. The summed E-state index contributed by atoms with van der Waals surface area (Å²) in [4.78, 5) is 11.5. The highest BCUT2D eigenvalue weighted by molar-refractivity contribution is 5.83. The summed E-state index contributed by atoms with van der Waals surface area (Å²) in [5.74, 6) is -2.86. The SMILES string of the molecule is CC(CNC(=O)Cc1cccc(F)c1F)C(N)=NO. The Balaban J connectivity index is 2.54. The number of hydrogen-bond donors (Lipinski definition) is 3. The van der Waals surface area contributed by atoms with Gasteiger partial charge >= 0.3 is 0 Å². The summed E-state index contributed by atoms with van der Waals surface area (Å²) in [6, 6.07) is 3.66. The van der Waals surface area contributed by atoms with Crippen LogP contribution in [0.2, 0.25) is 0 Å². The number of benzene rings is 1. The fraction of sp³-hybridized carbons (Fsp3) is 0.333. The zero-order valence-electron chi connectivity index (χ0n) is 10.4. The third-order valence-electron chi connectivity index (χ3n) is 2.61. The van der Waals surface area contributed by atoms with Gasteiger partial charge in [-0.15, -0.1) is 0 Å². The molecule has 0 radical (unpaired) electrons. The van der Waals surface area contributed by atoms with Gasteiger partial charge in [0.1, 0.15) is 5.84 Å². The lowest BCUT2D eigenvalue weighted by atomic mass is 10.1. The van der Waals surface area contributed by atoms with Crippen LogP contribution in [0, 0.1) is 17.6 Å². The minimum atomic E-state index is -1.03. The number of carbonyl (C=O) groups is 1. The summed E-state index contributed by atoms with van der Waals surface area (Å²) in [5, 5.41) is 13.7. The minimum absolute atomic E-state index is 0.0164. The third kappa shape index (κ3) is 4.20. The van der Waals surface area contributed by atoms with Gasteiger partial charge in [0.15, 0.2) is 11.6 Å². The van der Waals surface area contributed by atoms with E-state index < -0.39 is 17.5 Å². The van der Waals surface area contributed by atoms with Gasteiger partial charge in [0.05, 0.1) is 6.42 Å². The Labute approximate surface area is 109 Å². The van der Waals surface area contributed by atoms with E-state index in [0.717, 1.165) is 6.07 Å². The largest absolute Gasteiger partial charge is 0.409 e. The summed E-state index contributed by atoms with van der Waals surface area (Å²) in [6.45, 7) is 1.80. The predicted molar refractivity (Wildman–Crippen MR) is 65.6 cm³/mol. The molecule has 1 aromatic rings. The maximum absolute atomic E-state index is 13.3. The summed E-state index contributed by atoms with van der Waals surface area (Å²) >= 11 is 0. The second-order valence-electron chi connectivity index (χ2n) is 4.12. The van der Waals surface area contributed by atoms with Crippen molar-refractivity contribution in [1.82, 2.24) is 5.32 Å². The van der Waals surface area contributed by atoms with Crippen LogP contribution in [0.15, 0.2) is 23.4 Å². The lowest BCUT2D eigenvalue weighted by Gasteiger charge is -2.11. The fourth-order valence-electron chi connectivity index (χ4n) is 1.39. The standard InChI is InChI=1S/C12H15F2N3O2/c1-7(12(15)17-19)6-16-10(18)5-8-3-2-4-9(13)11(8)14/h2-4,7,19H,5-6H2,1H3,(H2,15,17)(H,16,18). The molecule has 1 unspecified atom stereocenters. The van der Waals surface area contributed by atoms with Crippen molar-refractivity contribution in [1.29, 1.82) is 0 Å². The van der Waals surface area contributed by atoms with Gasteiger partial charge in [-0.3, -0.25) is 4.79 Å². The average molecular weight is 271 g/mol. The van der Waals surface area contributed by atoms with E-state index >= 15 is 0 Å². The lowest BCUT2D eigenvalue weighted by Crippen LogP contribution is -2.35. The van der Waals surface area contributed by atoms with Gasteiger partial charge in [-0.05, 0) is 6.07 Å². The van der Waals surface area contributed by atoms with Crippen LogP contribution in [0.4, 0.5) is 8.78 Å². The molecule has 1 rings (SSSR count).